The van der Waals surface area contributed by atoms with Crippen molar-refractivity contribution in [3.8, 4) is 0 Å². The standard InChI is InChI=1S/C14H17NO4/c1-10(13(16)17)12-7-15(8-12)14(18)19-9-11-5-3-2-4-6-11/h2-6,10,12H,7-9H2,1H3,(H,16,17). The van der Waals surface area contributed by atoms with Crippen LogP contribution in [0.3, 0.4) is 0 Å². The van der Waals surface area contributed by atoms with Crippen molar-refractivity contribution < 1.29 is 19.4 Å². The molecule has 1 aliphatic heterocycles. The highest BCUT2D eigenvalue weighted by Gasteiger charge is 2.37. The van der Waals surface area contributed by atoms with Crippen molar-refractivity contribution in [2.75, 3.05) is 13.1 Å². The van der Waals surface area contributed by atoms with E-state index in [2.05, 4.69) is 0 Å². The van der Waals surface area contributed by atoms with Gasteiger partial charge in [0, 0.05) is 19.0 Å². The summed E-state index contributed by atoms with van der Waals surface area (Å²) in [5.41, 5.74) is 0.937. The van der Waals surface area contributed by atoms with Gasteiger partial charge in [0.2, 0.25) is 0 Å². The van der Waals surface area contributed by atoms with Crippen LogP contribution in [0.4, 0.5) is 4.79 Å². The van der Waals surface area contributed by atoms with Gasteiger partial charge in [0.1, 0.15) is 6.61 Å². The summed E-state index contributed by atoms with van der Waals surface area (Å²) >= 11 is 0. The van der Waals surface area contributed by atoms with Crippen molar-refractivity contribution in [3.63, 3.8) is 0 Å². The third-order valence-corrected chi connectivity index (χ3v) is 3.47. The van der Waals surface area contributed by atoms with Gasteiger partial charge in [0.15, 0.2) is 0 Å². The zero-order valence-corrected chi connectivity index (χ0v) is 10.8. The van der Waals surface area contributed by atoms with E-state index < -0.39 is 11.9 Å². The van der Waals surface area contributed by atoms with Crippen molar-refractivity contribution in [1.82, 2.24) is 4.90 Å². The van der Waals surface area contributed by atoms with Crippen molar-refractivity contribution in [2.24, 2.45) is 11.8 Å². The Kier molecular flexibility index (Phi) is 4.04. The summed E-state index contributed by atoms with van der Waals surface area (Å²) < 4.78 is 5.16. The molecule has 19 heavy (non-hydrogen) atoms. The maximum absolute atomic E-state index is 11.7. The van der Waals surface area contributed by atoms with E-state index in [-0.39, 0.29) is 18.6 Å². The molecule has 0 aromatic heterocycles. The highest BCUT2D eigenvalue weighted by molar-refractivity contribution is 5.72. The molecular formula is C14H17NO4. The largest absolute Gasteiger partial charge is 0.481 e. The number of carbonyl (C=O) groups excluding carboxylic acids is 1. The molecule has 0 saturated carbocycles. The number of carboxylic acid groups (broad SMARTS) is 1. The molecular weight excluding hydrogens is 246 g/mol. The van der Waals surface area contributed by atoms with Crippen LogP contribution in [-0.4, -0.2) is 35.2 Å². The smallest absolute Gasteiger partial charge is 0.410 e. The predicted molar refractivity (Wildman–Crippen MR) is 68.5 cm³/mol. The Bertz CT molecular complexity index is 454. The van der Waals surface area contributed by atoms with Crippen molar-refractivity contribution in [3.05, 3.63) is 35.9 Å². The van der Waals surface area contributed by atoms with E-state index in [1.165, 1.54) is 4.90 Å². The first-order valence-corrected chi connectivity index (χ1v) is 6.26. The molecule has 1 aromatic rings. The van der Waals surface area contributed by atoms with Gasteiger partial charge in [-0.2, -0.15) is 0 Å². The number of hydrogen-bond donors (Lipinski definition) is 1. The lowest BCUT2D eigenvalue weighted by molar-refractivity contribution is -0.145. The Hall–Kier alpha value is -2.04. The van der Waals surface area contributed by atoms with Crippen molar-refractivity contribution in [2.45, 2.75) is 13.5 Å². The third-order valence-electron chi connectivity index (χ3n) is 3.47. The molecule has 5 nitrogen and oxygen atoms in total. The van der Waals surface area contributed by atoms with Crippen LogP contribution in [0.5, 0.6) is 0 Å². The Morgan fingerprint density at radius 2 is 2.00 bits per heavy atom. The monoisotopic (exact) mass is 263 g/mol. The molecule has 0 spiro atoms. The number of carbonyl (C=O) groups is 2. The second-order valence-corrected chi connectivity index (χ2v) is 4.83. The average molecular weight is 263 g/mol. The second kappa shape index (κ2) is 5.73. The molecule has 1 amide bonds. The van der Waals surface area contributed by atoms with E-state index >= 15 is 0 Å². The SMILES string of the molecule is CC(C(=O)O)C1CN(C(=O)OCc2ccccc2)C1. The molecule has 0 bridgehead atoms. The molecule has 1 unspecified atom stereocenters. The van der Waals surface area contributed by atoms with Gasteiger partial charge >= 0.3 is 12.1 Å². The number of likely N-dealkylation sites (tertiary alicyclic amines) is 1. The average Bonchev–Trinajstić information content (AvgIpc) is 2.35. The first-order chi connectivity index (χ1) is 9.08. The van der Waals surface area contributed by atoms with Gasteiger partial charge in [-0.05, 0) is 5.56 Å². The van der Waals surface area contributed by atoms with Crippen LogP contribution >= 0.6 is 0 Å². The number of nitrogens with zero attached hydrogens (tertiary/aromatic N) is 1. The third kappa shape index (κ3) is 3.24. The Labute approximate surface area is 111 Å². The van der Waals surface area contributed by atoms with Gasteiger partial charge in [-0.15, -0.1) is 0 Å². The minimum absolute atomic E-state index is 0.0294. The van der Waals surface area contributed by atoms with Crippen LogP contribution in [0.15, 0.2) is 30.3 Å². The van der Waals surface area contributed by atoms with E-state index in [1.54, 1.807) is 6.92 Å². The van der Waals surface area contributed by atoms with Crippen molar-refractivity contribution in [1.29, 1.82) is 0 Å². The fraction of sp³-hybridized carbons (Fsp3) is 0.429. The number of ether oxygens (including phenoxy) is 1. The first-order valence-electron chi connectivity index (χ1n) is 6.26. The number of amides is 1. The van der Waals surface area contributed by atoms with Gasteiger partial charge < -0.3 is 14.7 Å². The van der Waals surface area contributed by atoms with E-state index in [0.717, 1.165) is 5.56 Å². The Balaban J connectivity index is 1.73. The van der Waals surface area contributed by atoms with Crippen LogP contribution < -0.4 is 0 Å². The van der Waals surface area contributed by atoms with Gasteiger partial charge in [0.25, 0.3) is 0 Å². The fourth-order valence-electron chi connectivity index (χ4n) is 1.99. The molecule has 0 radical (unpaired) electrons. The normalized spacial score (nSPS) is 16.6. The van der Waals surface area contributed by atoms with E-state index in [9.17, 15) is 9.59 Å². The zero-order chi connectivity index (χ0) is 13.8. The van der Waals surface area contributed by atoms with Crippen LogP contribution in [0.1, 0.15) is 12.5 Å². The Morgan fingerprint density at radius 3 is 2.58 bits per heavy atom. The summed E-state index contributed by atoms with van der Waals surface area (Å²) in [7, 11) is 0. The zero-order valence-electron chi connectivity index (χ0n) is 10.8. The summed E-state index contributed by atoms with van der Waals surface area (Å²) in [5, 5.41) is 8.86. The summed E-state index contributed by atoms with van der Waals surface area (Å²) in [5.74, 6) is -1.21. The highest BCUT2D eigenvalue weighted by atomic mass is 16.6. The molecule has 1 fully saturated rings. The second-order valence-electron chi connectivity index (χ2n) is 4.83. The molecule has 1 atom stereocenters. The number of carboxylic acids is 1. The van der Waals surface area contributed by atoms with Gasteiger partial charge in [-0.25, -0.2) is 4.79 Å². The predicted octanol–water partition coefficient (Wildman–Crippen LogP) is 1.98. The highest BCUT2D eigenvalue weighted by Crippen LogP contribution is 2.24. The van der Waals surface area contributed by atoms with E-state index in [1.807, 2.05) is 30.3 Å². The minimum atomic E-state index is -0.817. The van der Waals surface area contributed by atoms with Crippen LogP contribution in [-0.2, 0) is 16.1 Å². The van der Waals surface area contributed by atoms with Crippen LogP contribution in [0.25, 0.3) is 0 Å². The van der Waals surface area contributed by atoms with Crippen LogP contribution in [0, 0.1) is 11.8 Å². The summed E-state index contributed by atoms with van der Waals surface area (Å²) in [4.78, 5) is 24.0. The minimum Gasteiger partial charge on any atom is -0.481 e. The maximum atomic E-state index is 11.7. The molecule has 1 heterocycles. The first kappa shape index (κ1) is 13.4. The Morgan fingerprint density at radius 1 is 1.37 bits per heavy atom. The molecule has 1 aliphatic rings. The number of rotatable bonds is 4. The van der Waals surface area contributed by atoms with E-state index in [0.29, 0.717) is 13.1 Å². The van der Waals surface area contributed by atoms with E-state index in [4.69, 9.17) is 9.84 Å². The molecule has 2 rings (SSSR count). The van der Waals surface area contributed by atoms with Gasteiger partial charge in [-0.3, -0.25) is 4.79 Å². The lowest BCUT2D eigenvalue weighted by Crippen LogP contribution is -2.53. The molecule has 5 heteroatoms. The quantitative estimate of drug-likeness (QED) is 0.902. The maximum Gasteiger partial charge on any atom is 0.410 e. The molecule has 1 aromatic carbocycles. The topological polar surface area (TPSA) is 66.8 Å². The van der Waals surface area contributed by atoms with Crippen molar-refractivity contribution >= 4 is 12.1 Å². The molecule has 0 aliphatic carbocycles. The summed E-state index contributed by atoms with van der Waals surface area (Å²) in [6.45, 7) is 2.83. The molecule has 1 saturated heterocycles. The lowest BCUT2D eigenvalue weighted by Gasteiger charge is -2.40. The molecule has 1 N–H and O–H groups in total. The summed E-state index contributed by atoms with van der Waals surface area (Å²) in [6.07, 6.45) is -0.377. The van der Waals surface area contributed by atoms with Gasteiger partial charge in [-0.1, -0.05) is 37.3 Å². The lowest BCUT2D eigenvalue weighted by atomic mass is 9.87. The number of aliphatic carboxylic acids is 1. The fourth-order valence-corrected chi connectivity index (χ4v) is 1.99. The van der Waals surface area contributed by atoms with Gasteiger partial charge in [0.05, 0.1) is 5.92 Å². The molecule has 102 valence electrons. The number of benzene rings is 1. The van der Waals surface area contributed by atoms with Crippen LogP contribution in [0.2, 0.25) is 0 Å². The summed E-state index contributed by atoms with van der Waals surface area (Å²) in [6, 6.07) is 9.45. The number of hydrogen-bond acceptors (Lipinski definition) is 3.